The highest BCUT2D eigenvalue weighted by atomic mass is 16.1. The van der Waals surface area contributed by atoms with E-state index in [1.165, 1.54) is 12.8 Å². The summed E-state index contributed by atoms with van der Waals surface area (Å²) >= 11 is 0. The molecule has 0 aliphatic heterocycles. The van der Waals surface area contributed by atoms with Gasteiger partial charge in [-0.05, 0) is 42.9 Å². The number of nitrogens with zero attached hydrogens (tertiary/aromatic N) is 1. The number of fused-ring (bicyclic) bond motifs is 1. The number of nitrogens with two attached hydrogens (primary N) is 1. The molecular formula is C16H22N4O. The number of nitrogen functional groups attached to an aromatic ring is 1. The minimum absolute atomic E-state index is 0.148. The summed E-state index contributed by atoms with van der Waals surface area (Å²) < 4.78 is 0. The van der Waals surface area contributed by atoms with Gasteiger partial charge in [0.25, 0.3) is 5.56 Å². The van der Waals surface area contributed by atoms with Gasteiger partial charge in [-0.2, -0.15) is 0 Å². The lowest BCUT2D eigenvalue weighted by atomic mass is 9.75. The number of H-pyrrole nitrogens is 1. The minimum Gasteiger partial charge on any atom is -0.399 e. The molecule has 21 heavy (non-hydrogen) atoms. The van der Waals surface area contributed by atoms with Gasteiger partial charge in [0, 0.05) is 11.7 Å². The van der Waals surface area contributed by atoms with Crippen molar-refractivity contribution in [3.05, 3.63) is 28.6 Å². The summed E-state index contributed by atoms with van der Waals surface area (Å²) in [7, 11) is 0. The molecule has 1 heterocycles. The van der Waals surface area contributed by atoms with Crippen molar-refractivity contribution < 1.29 is 0 Å². The predicted octanol–water partition coefficient (Wildman–Crippen LogP) is 2.89. The lowest BCUT2D eigenvalue weighted by Gasteiger charge is -2.35. The first-order chi connectivity index (χ1) is 9.93. The minimum atomic E-state index is -0.148. The van der Waals surface area contributed by atoms with Crippen LogP contribution in [0.1, 0.15) is 39.5 Å². The average molecular weight is 286 g/mol. The highest BCUT2D eigenvalue weighted by Gasteiger charge is 2.28. The second-order valence-corrected chi connectivity index (χ2v) is 6.79. The topological polar surface area (TPSA) is 83.8 Å². The first kappa shape index (κ1) is 13.9. The SMILES string of the molecule is CC1(C)CCCC(Nc2nc3ccc(N)cc3c(=O)[nH]2)C1. The third-order valence-electron chi connectivity index (χ3n) is 4.28. The molecule has 1 fully saturated rings. The van der Waals surface area contributed by atoms with Crippen molar-refractivity contribution in [3.63, 3.8) is 0 Å². The van der Waals surface area contributed by atoms with Gasteiger partial charge in [0.1, 0.15) is 0 Å². The molecule has 1 saturated carbocycles. The van der Waals surface area contributed by atoms with Gasteiger partial charge >= 0.3 is 0 Å². The Balaban J connectivity index is 1.88. The lowest BCUT2D eigenvalue weighted by molar-refractivity contribution is 0.229. The summed E-state index contributed by atoms with van der Waals surface area (Å²) in [5.41, 5.74) is 7.16. The average Bonchev–Trinajstić information content (AvgIpc) is 2.38. The van der Waals surface area contributed by atoms with E-state index in [4.69, 9.17) is 5.73 Å². The molecule has 3 rings (SSSR count). The van der Waals surface area contributed by atoms with Crippen LogP contribution in [0.15, 0.2) is 23.0 Å². The van der Waals surface area contributed by atoms with Gasteiger partial charge in [0.2, 0.25) is 5.95 Å². The second-order valence-electron chi connectivity index (χ2n) is 6.79. The van der Waals surface area contributed by atoms with E-state index in [9.17, 15) is 4.79 Å². The Bertz CT molecular complexity index is 720. The van der Waals surface area contributed by atoms with Crippen molar-refractivity contribution in [3.8, 4) is 0 Å². The van der Waals surface area contributed by atoms with Gasteiger partial charge < -0.3 is 11.1 Å². The van der Waals surface area contributed by atoms with Gasteiger partial charge in [0.05, 0.1) is 10.9 Å². The molecule has 0 radical (unpaired) electrons. The molecule has 1 atom stereocenters. The summed E-state index contributed by atoms with van der Waals surface area (Å²) in [6.07, 6.45) is 4.68. The summed E-state index contributed by atoms with van der Waals surface area (Å²) in [5, 5.41) is 3.92. The fourth-order valence-electron chi connectivity index (χ4n) is 3.24. The summed E-state index contributed by atoms with van der Waals surface area (Å²) in [6, 6.07) is 5.58. The van der Waals surface area contributed by atoms with E-state index in [1.807, 2.05) is 0 Å². The van der Waals surface area contributed by atoms with Crippen molar-refractivity contribution in [1.82, 2.24) is 9.97 Å². The smallest absolute Gasteiger partial charge is 0.260 e. The Morgan fingerprint density at radius 1 is 1.43 bits per heavy atom. The molecule has 5 heteroatoms. The fourth-order valence-corrected chi connectivity index (χ4v) is 3.24. The van der Waals surface area contributed by atoms with E-state index >= 15 is 0 Å². The predicted molar refractivity (Wildman–Crippen MR) is 86.4 cm³/mol. The Hall–Kier alpha value is -2.04. The molecule has 1 unspecified atom stereocenters. The number of hydrogen-bond donors (Lipinski definition) is 3. The number of rotatable bonds is 2. The van der Waals surface area contributed by atoms with Crippen molar-refractivity contribution in [2.45, 2.75) is 45.6 Å². The lowest BCUT2D eigenvalue weighted by Crippen LogP contribution is -2.32. The highest BCUT2D eigenvalue weighted by molar-refractivity contribution is 5.81. The maximum Gasteiger partial charge on any atom is 0.260 e. The van der Waals surface area contributed by atoms with Crippen LogP contribution in [0, 0.1) is 5.41 Å². The quantitative estimate of drug-likeness (QED) is 0.741. The van der Waals surface area contributed by atoms with Gasteiger partial charge in [0.15, 0.2) is 0 Å². The van der Waals surface area contributed by atoms with Crippen LogP contribution in [0.25, 0.3) is 10.9 Å². The van der Waals surface area contributed by atoms with Gasteiger partial charge in [-0.25, -0.2) is 4.98 Å². The third-order valence-corrected chi connectivity index (χ3v) is 4.28. The molecule has 0 spiro atoms. The van der Waals surface area contributed by atoms with Crippen LogP contribution in [0.3, 0.4) is 0 Å². The van der Waals surface area contributed by atoms with Gasteiger partial charge in [-0.1, -0.05) is 20.3 Å². The molecule has 0 amide bonds. The summed E-state index contributed by atoms with van der Waals surface area (Å²) in [6.45, 7) is 4.58. The molecule has 2 aromatic rings. The van der Waals surface area contributed by atoms with E-state index in [2.05, 4.69) is 29.1 Å². The van der Waals surface area contributed by atoms with E-state index < -0.39 is 0 Å². The summed E-state index contributed by atoms with van der Waals surface area (Å²) in [5.74, 6) is 0.556. The molecule has 1 aromatic heterocycles. The van der Waals surface area contributed by atoms with E-state index in [1.54, 1.807) is 18.2 Å². The molecule has 0 saturated heterocycles. The van der Waals surface area contributed by atoms with Crippen LogP contribution in [0.4, 0.5) is 11.6 Å². The van der Waals surface area contributed by atoms with Crippen molar-refractivity contribution in [2.75, 3.05) is 11.1 Å². The number of hydrogen-bond acceptors (Lipinski definition) is 4. The fraction of sp³-hybridized carbons (Fsp3) is 0.500. The first-order valence-corrected chi connectivity index (χ1v) is 7.49. The first-order valence-electron chi connectivity index (χ1n) is 7.49. The summed E-state index contributed by atoms with van der Waals surface area (Å²) in [4.78, 5) is 19.4. The van der Waals surface area contributed by atoms with E-state index in [0.717, 1.165) is 12.8 Å². The normalized spacial score (nSPS) is 21.3. The van der Waals surface area contributed by atoms with Crippen LogP contribution in [-0.4, -0.2) is 16.0 Å². The van der Waals surface area contributed by atoms with Crippen LogP contribution >= 0.6 is 0 Å². The van der Waals surface area contributed by atoms with Crippen molar-refractivity contribution in [1.29, 1.82) is 0 Å². The largest absolute Gasteiger partial charge is 0.399 e. The highest BCUT2D eigenvalue weighted by Crippen LogP contribution is 2.36. The second kappa shape index (κ2) is 5.06. The Kier molecular flexibility index (Phi) is 3.35. The standard InChI is InChI=1S/C16H22N4O/c1-16(2)7-3-4-11(9-16)18-15-19-13-6-5-10(17)8-12(13)14(21)20-15/h5-6,8,11H,3-4,7,9,17H2,1-2H3,(H2,18,19,20,21). The monoisotopic (exact) mass is 286 g/mol. The Morgan fingerprint density at radius 2 is 2.24 bits per heavy atom. The molecule has 112 valence electrons. The number of aromatic amines is 1. The molecule has 4 N–H and O–H groups in total. The third kappa shape index (κ3) is 3.01. The zero-order valence-electron chi connectivity index (χ0n) is 12.6. The molecule has 0 bridgehead atoms. The Morgan fingerprint density at radius 3 is 3.00 bits per heavy atom. The number of nitrogens with one attached hydrogen (secondary N) is 2. The van der Waals surface area contributed by atoms with Crippen molar-refractivity contribution >= 4 is 22.5 Å². The molecule has 1 aromatic carbocycles. The molecular weight excluding hydrogens is 264 g/mol. The number of anilines is 2. The van der Waals surface area contributed by atoms with Gasteiger partial charge in [-0.3, -0.25) is 9.78 Å². The van der Waals surface area contributed by atoms with Crippen molar-refractivity contribution in [2.24, 2.45) is 5.41 Å². The van der Waals surface area contributed by atoms with Crippen LogP contribution in [0.2, 0.25) is 0 Å². The zero-order valence-corrected chi connectivity index (χ0v) is 12.6. The Labute approximate surface area is 124 Å². The van der Waals surface area contributed by atoms with Crippen LogP contribution in [-0.2, 0) is 0 Å². The number of benzene rings is 1. The van der Waals surface area contributed by atoms with E-state index in [-0.39, 0.29) is 5.56 Å². The zero-order chi connectivity index (χ0) is 15.0. The molecule has 1 aliphatic rings. The number of aromatic nitrogens is 2. The maximum atomic E-state index is 12.1. The van der Waals surface area contributed by atoms with Gasteiger partial charge in [-0.15, -0.1) is 0 Å². The molecule has 1 aliphatic carbocycles. The van der Waals surface area contributed by atoms with E-state index in [0.29, 0.717) is 34.0 Å². The van der Waals surface area contributed by atoms with Crippen LogP contribution < -0.4 is 16.6 Å². The van der Waals surface area contributed by atoms with Crippen LogP contribution in [0.5, 0.6) is 0 Å². The molecule has 5 nitrogen and oxygen atoms in total. The maximum absolute atomic E-state index is 12.1.